The number of hydrogen-bond acceptors (Lipinski definition) is 6. The van der Waals surface area contributed by atoms with Crippen LogP contribution in [0, 0.1) is 0 Å². The Morgan fingerprint density at radius 2 is 1.89 bits per heavy atom. The maximum atomic E-state index is 11.5. The van der Waals surface area contributed by atoms with Crippen LogP contribution >= 0.6 is 0 Å². The maximum absolute atomic E-state index is 11.5. The second-order valence-corrected chi connectivity index (χ2v) is 9.73. The maximum Gasteiger partial charge on any atom is 0.354 e. The fraction of sp³-hybridized carbons (Fsp3) is 0.357. The van der Waals surface area contributed by atoms with Crippen molar-refractivity contribution in [2.24, 2.45) is 0 Å². The highest BCUT2D eigenvalue weighted by atomic mass is 16.5. The van der Waals surface area contributed by atoms with Gasteiger partial charge in [-0.05, 0) is 79.1 Å². The molecule has 4 aromatic rings. The number of benzene rings is 1. The van der Waals surface area contributed by atoms with Crippen LogP contribution in [0.4, 0.5) is 5.82 Å². The van der Waals surface area contributed by atoms with Gasteiger partial charge in [0.05, 0.1) is 11.9 Å². The van der Waals surface area contributed by atoms with Crippen molar-refractivity contribution in [3.8, 4) is 16.8 Å². The van der Waals surface area contributed by atoms with Crippen molar-refractivity contribution in [2.45, 2.75) is 44.1 Å². The standard InChI is InChI=1S/C28H29N5O3/c1-32(21-11-13-36-14-12-21)26-10-6-19(16-29-26)23-8-7-22(15-24(23)18-3-2-4-18)33-27-20(17-30-33)5-9-25(31-27)28(34)35/h5-10,15-18,21H,2-4,11-14H2,1H3,(H,34,35). The fourth-order valence-corrected chi connectivity index (χ4v) is 5.23. The van der Waals surface area contributed by atoms with Crippen LogP contribution in [-0.2, 0) is 4.74 Å². The molecule has 36 heavy (non-hydrogen) atoms. The zero-order valence-electron chi connectivity index (χ0n) is 20.3. The predicted molar refractivity (Wildman–Crippen MR) is 138 cm³/mol. The summed E-state index contributed by atoms with van der Waals surface area (Å²) in [5, 5.41) is 14.7. The monoisotopic (exact) mass is 483 g/mol. The number of nitrogens with zero attached hydrogens (tertiary/aromatic N) is 5. The van der Waals surface area contributed by atoms with Crippen molar-refractivity contribution < 1.29 is 14.6 Å². The Hall–Kier alpha value is -3.78. The van der Waals surface area contributed by atoms with Crippen LogP contribution in [0.2, 0.25) is 0 Å². The molecule has 184 valence electrons. The molecule has 8 heteroatoms. The predicted octanol–water partition coefficient (Wildman–Crippen LogP) is 5.06. The molecule has 1 N–H and O–H groups in total. The van der Waals surface area contributed by atoms with Gasteiger partial charge in [-0.15, -0.1) is 0 Å². The lowest BCUT2D eigenvalue weighted by atomic mass is 9.77. The summed E-state index contributed by atoms with van der Waals surface area (Å²) in [7, 11) is 2.12. The van der Waals surface area contributed by atoms with E-state index in [1.165, 1.54) is 23.6 Å². The molecule has 1 aliphatic carbocycles. The molecule has 0 amide bonds. The molecular formula is C28H29N5O3. The van der Waals surface area contributed by atoms with Gasteiger partial charge in [0, 0.05) is 43.4 Å². The Labute approximate surface area is 209 Å². The molecule has 0 unspecified atom stereocenters. The minimum atomic E-state index is -1.05. The quantitative estimate of drug-likeness (QED) is 0.410. The zero-order valence-corrected chi connectivity index (χ0v) is 20.3. The summed E-state index contributed by atoms with van der Waals surface area (Å²) in [6.07, 6.45) is 9.31. The van der Waals surface area contributed by atoms with E-state index in [1.54, 1.807) is 16.9 Å². The summed E-state index contributed by atoms with van der Waals surface area (Å²) in [5.41, 5.74) is 5.01. The van der Waals surface area contributed by atoms with Gasteiger partial charge in [-0.1, -0.05) is 12.5 Å². The van der Waals surface area contributed by atoms with Crippen molar-refractivity contribution in [1.82, 2.24) is 19.7 Å². The molecule has 8 nitrogen and oxygen atoms in total. The molecule has 3 aromatic heterocycles. The third kappa shape index (κ3) is 4.11. The Morgan fingerprint density at radius 3 is 2.58 bits per heavy atom. The van der Waals surface area contributed by atoms with E-state index < -0.39 is 5.97 Å². The van der Waals surface area contributed by atoms with Gasteiger partial charge in [0.25, 0.3) is 0 Å². The fourth-order valence-electron chi connectivity index (χ4n) is 5.23. The van der Waals surface area contributed by atoms with Gasteiger partial charge < -0.3 is 14.7 Å². The minimum absolute atomic E-state index is 0.0111. The van der Waals surface area contributed by atoms with E-state index >= 15 is 0 Å². The first kappa shape index (κ1) is 22.7. The molecule has 4 heterocycles. The molecule has 2 fully saturated rings. The van der Waals surface area contributed by atoms with Gasteiger partial charge in [0.2, 0.25) is 0 Å². The molecule has 1 saturated heterocycles. The van der Waals surface area contributed by atoms with Crippen molar-refractivity contribution in [3.05, 3.63) is 66.1 Å². The van der Waals surface area contributed by atoms with Gasteiger partial charge in [-0.25, -0.2) is 19.4 Å². The summed E-state index contributed by atoms with van der Waals surface area (Å²) in [4.78, 5) is 22.9. The number of fused-ring (bicyclic) bond motifs is 1. The van der Waals surface area contributed by atoms with Gasteiger partial charge in [-0.2, -0.15) is 5.10 Å². The van der Waals surface area contributed by atoms with Crippen LogP contribution in [0.25, 0.3) is 27.8 Å². The van der Waals surface area contributed by atoms with E-state index in [1.807, 2.05) is 12.3 Å². The second-order valence-electron chi connectivity index (χ2n) is 9.73. The van der Waals surface area contributed by atoms with Crippen LogP contribution in [0.3, 0.4) is 0 Å². The van der Waals surface area contributed by atoms with Gasteiger partial charge in [0.15, 0.2) is 11.3 Å². The summed E-state index contributed by atoms with van der Waals surface area (Å²) < 4.78 is 7.24. The molecule has 6 rings (SSSR count). The van der Waals surface area contributed by atoms with E-state index in [9.17, 15) is 9.90 Å². The number of pyridine rings is 2. The zero-order chi connectivity index (χ0) is 24.6. The van der Waals surface area contributed by atoms with Crippen molar-refractivity contribution in [3.63, 3.8) is 0 Å². The number of rotatable bonds is 6. The largest absolute Gasteiger partial charge is 0.477 e. The highest BCUT2D eigenvalue weighted by Gasteiger charge is 2.25. The Balaban J connectivity index is 1.35. The van der Waals surface area contributed by atoms with Crippen molar-refractivity contribution >= 4 is 22.8 Å². The molecule has 0 radical (unpaired) electrons. The van der Waals surface area contributed by atoms with Gasteiger partial charge >= 0.3 is 5.97 Å². The van der Waals surface area contributed by atoms with E-state index in [-0.39, 0.29) is 5.69 Å². The van der Waals surface area contributed by atoms with E-state index in [2.05, 4.69) is 46.3 Å². The molecule has 1 aliphatic heterocycles. The first-order chi connectivity index (χ1) is 17.6. The average molecular weight is 484 g/mol. The number of carbonyl (C=O) groups is 1. The van der Waals surface area contributed by atoms with Crippen LogP contribution in [0.5, 0.6) is 0 Å². The molecular weight excluding hydrogens is 454 g/mol. The topological polar surface area (TPSA) is 93.4 Å². The highest BCUT2D eigenvalue weighted by Crippen LogP contribution is 2.42. The number of aromatic nitrogens is 4. The van der Waals surface area contributed by atoms with Crippen LogP contribution in [-0.4, -0.2) is 57.1 Å². The second kappa shape index (κ2) is 9.35. The Kier molecular flexibility index (Phi) is 5.89. The van der Waals surface area contributed by atoms with Gasteiger partial charge in [-0.3, -0.25) is 0 Å². The lowest BCUT2D eigenvalue weighted by Gasteiger charge is -2.32. The average Bonchev–Trinajstić information content (AvgIpc) is 3.31. The van der Waals surface area contributed by atoms with Crippen molar-refractivity contribution in [1.29, 1.82) is 0 Å². The summed E-state index contributed by atoms with van der Waals surface area (Å²) >= 11 is 0. The minimum Gasteiger partial charge on any atom is -0.477 e. The number of ether oxygens (including phenoxy) is 1. The Bertz CT molecular complexity index is 1400. The molecule has 2 aliphatic rings. The molecule has 1 aromatic carbocycles. The first-order valence-corrected chi connectivity index (χ1v) is 12.6. The molecule has 1 saturated carbocycles. The smallest absolute Gasteiger partial charge is 0.354 e. The van der Waals surface area contributed by atoms with E-state index in [0.717, 1.165) is 61.4 Å². The lowest BCUT2D eigenvalue weighted by molar-refractivity contribution is 0.0691. The number of carboxylic acids is 1. The SMILES string of the molecule is CN(c1ccc(-c2ccc(-n3ncc4ccc(C(=O)O)nc43)cc2C2CCC2)cn1)C1CCOCC1. The van der Waals surface area contributed by atoms with Crippen molar-refractivity contribution in [2.75, 3.05) is 25.2 Å². The van der Waals surface area contributed by atoms with Crippen LogP contribution in [0.15, 0.2) is 54.9 Å². The lowest BCUT2D eigenvalue weighted by Crippen LogP contribution is -2.37. The van der Waals surface area contributed by atoms with E-state index in [0.29, 0.717) is 17.6 Å². The Morgan fingerprint density at radius 1 is 1.06 bits per heavy atom. The number of carboxylic acid groups (broad SMARTS) is 1. The number of aromatic carboxylic acids is 1. The summed E-state index contributed by atoms with van der Waals surface area (Å²) in [6, 6.07) is 14.3. The van der Waals surface area contributed by atoms with Crippen LogP contribution < -0.4 is 4.90 Å². The van der Waals surface area contributed by atoms with E-state index in [4.69, 9.17) is 9.72 Å². The highest BCUT2D eigenvalue weighted by molar-refractivity contribution is 5.89. The molecule has 0 atom stereocenters. The normalized spacial score (nSPS) is 16.7. The number of anilines is 1. The van der Waals surface area contributed by atoms with Gasteiger partial charge in [0.1, 0.15) is 5.82 Å². The van der Waals surface area contributed by atoms with Crippen LogP contribution in [0.1, 0.15) is 54.1 Å². The third-order valence-corrected chi connectivity index (χ3v) is 7.62. The summed E-state index contributed by atoms with van der Waals surface area (Å²) in [5.74, 6) is 0.429. The summed E-state index contributed by atoms with van der Waals surface area (Å²) in [6.45, 7) is 1.62. The first-order valence-electron chi connectivity index (χ1n) is 12.6. The molecule has 0 bridgehead atoms. The molecule has 0 spiro atoms. The third-order valence-electron chi connectivity index (χ3n) is 7.62. The number of hydrogen-bond donors (Lipinski definition) is 1.